The predicted octanol–water partition coefficient (Wildman–Crippen LogP) is 12.8. The number of carbonyl (C=O) groups excluding carboxylic acids is 1. The minimum absolute atomic E-state index is 0.0178. The molecule has 4 aromatic carbocycles. The molecule has 4 atom stereocenters. The number of hydrogen-bond acceptors (Lipinski definition) is 7. The van der Waals surface area contributed by atoms with Gasteiger partial charge in [-0.15, -0.1) is 0 Å². The van der Waals surface area contributed by atoms with E-state index in [1.165, 1.54) is 65.5 Å². The van der Waals surface area contributed by atoms with Crippen LogP contribution in [0.1, 0.15) is 130 Å². The van der Waals surface area contributed by atoms with Crippen molar-refractivity contribution >= 4 is 33.5 Å². The number of likely N-dealkylation sites (tertiary alicyclic amines) is 2. The monoisotopic (exact) mass is 913 g/mol. The number of ether oxygens (including phenoxy) is 3. The van der Waals surface area contributed by atoms with Crippen LogP contribution >= 0.6 is 0 Å². The van der Waals surface area contributed by atoms with E-state index in [9.17, 15) is 14.7 Å². The lowest BCUT2D eigenvalue weighted by Crippen LogP contribution is -2.30. The summed E-state index contributed by atoms with van der Waals surface area (Å²) in [5.41, 5.74) is 3.49. The van der Waals surface area contributed by atoms with E-state index in [0.717, 1.165) is 114 Å². The van der Waals surface area contributed by atoms with Crippen LogP contribution in [0.4, 0.5) is 0 Å². The van der Waals surface area contributed by atoms with Gasteiger partial charge in [-0.05, 0) is 170 Å². The number of esters is 1. The van der Waals surface area contributed by atoms with Gasteiger partial charge < -0.3 is 19.3 Å². The van der Waals surface area contributed by atoms with Gasteiger partial charge in [0.05, 0.1) is 31.2 Å². The van der Waals surface area contributed by atoms with Gasteiger partial charge in [0.1, 0.15) is 11.5 Å². The van der Waals surface area contributed by atoms with E-state index in [0.29, 0.717) is 46.7 Å². The van der Waals surface area contributed by atoms with Gasteiger partial charge in [-0.3, -0.25) is 19.4 Å². The highest BCUT2D eigenvalue weighted by molar-refractivity contribution is 5.89. The molecule has 4 aromatic rings. The maximum atomic E-state index is 11.9. The third-order valence-corrected chi connectivity index (χ3v) is 17.5. The number of rotatable bonds is 10. The average Bonchev–Trinajstić information content (AvgIpc) is 4.07. The molecule has 10 rings (SSSR count). The number of methoxy groups -OCH3 is 1. The summed E-state index contributed by atoms with van der Waals surface area (Å²) in [6.07, 6.45) is 14.0. The van der Waals surface area contributed by atoms with Crippen molar-refractivity contribution in [2.75, 3.05) is 33.3 Å². The van der Waals surface area contributed by atoms with E-state index in [-0.39, 0.29) is 17.8 Å². The van der Waals surface area contributed by atoms with Crippen LogP contribution in [-0.2, 0) is 27.4 Å². The molecule has 2 heterocycles. The van der Waals surface area contributed by atoms with Crippen molar-refractivity contribution in [1.29, 1.82) is 0 Å². The zero-order valence-corrected chi connectivity index (χ0v) is 41.8. The van der Waals surface area contributed by atoms with Crippen LogP contribution in [0.2, 0.25) is 0 Å². The van der Waals surface area contributed by atoms with Crippen LogP contribution in [0.25, 0.3) is 21.5 Å². The van der Waals surface area contributed by atoms with Crippen LogP contribution in [0.15, 0.2) is 72.8 Å². The minimum atomic E-state index is -0.606. The van der Waals surface area contributed by atoms with Crippen LogP contribution in [0.3, 0.4) is 0 Å². The number of carbonyl (C=O) groups is 2. The van der Waals surface area contributed by atoms with E-state index < -0.39 is 5.97 Å². The normalized spacial score (nSPS) is 30.1. The molecular weight excluding hydrogens is 833 g/mol. The summed E-state index contributed by atoms with van der Waals surface area (Å²) in [5.74, 6) is 5.42. The molecule has 0 aromatic heterocycles. The maximum Gasteiger partial charge on any atom is 0.308 e. The first-order valence-corrected chi connectivity index (χ1v) is 26.2. The van der Waals surface area contributed by atoms with Crippen molar-refractivity contribution < 1.29 is 28.9 Å². The molecule has 2 saturated heterocycles. The number of carboxylic acids is 1. The Hall–Kier alpha value is -4.14. The Balaban J connectivity index is 0.000000168. The Bertz CT molecular complexity index is 2320. The Kier molecular flexibility index (Phi) is 14.3. The largest absolute Gasteiger partial charge is 0.490 e. The summed E-state index contributed by atoms with van der Waals surface area (Å²) < 4.78 is 18.0. The molecule has 0 radical (unpaired) electrons. The Morgan fingerprint density at radius 3 is 1.30 bits per heavy atom. The zero-order valence-electron chi connectivity index (χ0n) is 41.8. The third-order valence-electron chi connectivity index (χ3n) is 17.5. The Morgan fingerprint density at radius 2 is 0.940 bits per heavy atom. The number of benzene rings is 4. The first-order valence-electron chi connectivity index (χ1n) is 26.2. The molecule has 67 heavy (non-hydrogen) atoms. The fraction of sp³-hybridized carbons (Fsp3) is 0.627. The van der Waals surface area contributed by atoms with Gasteiger partial charge in [-0.25, -0.2) is 0 Å². The van der Waals surface area contributed by atoms with E-state index in [2.05, 4.69) is 124 Å². The standard InChI is InChI=1S/C30H41NO3.C29H39NO3/c1-30(2,3)25-9-11-26(12-10-25)34-28-7-5-6-21-14-20(8-13-27(21)28)17-31-18-23-15-22(29(32)33-4)16-24(23)19-31;1-29(2,3)24-8-10-25(11-9-24)33-27-6-4-5-20-13-19(7-12-26(20)27)16-30-17-22-14-21(28(31)32)15-23(22)18-30/h5-8,13-14,22-26H,9-12,15-19H2,1-4H3;4-7,12-13,21-25H,8-11,14-18H2,1-3H3,(H,31,32). The van der Waals surface area contributed by atoms with Crippen molar-refractivity contribution in [2.45, 2.75) is 144 Å². The summed E-state index contributed by atoms with van der Waals surface area (Å²) >= 11 is 0. The average molecular weight is 913 g/mol. The number of fused-ring (bicyclic) bond motifs is 4. The molecule has 362 valence electrons. The first kappa shape index (κ1) is 47.9. The second-order valence-corrected chi connectivity index (χ2v) is 24.2. The molecule has 1 N–H and O–H groups in total. The second kappa shape index (κ2) is 20.1. The molecule has 0 bridgehead atoms. The summed E-state index contributed by atoms with van der Waals surface area (Å²) in [7, 11) is 1.51. The molecular formula is C59H80N2O6. The van der Waals surface area contributed by atoms with Gasteiger partial charge in [-0.2, -0.15) is 0 Å². The van der Waals surface area contributed by atoms with Gasteiger partial charge in [0, 0.05) is 50.0 Å². The summed E-state index contributed by atoms with van der Waals surface area (Å²) in [5, 5.41) is 14.3. The number of aliphatic carboxylic acids is 1. The molecule has 2 aliphatic heterocycles. The van der Waals surface area contributed by atoms with E-state index in [1.54, 1.807) is 0 Å². The zero-order chi connectivity index (χ0) is 47.0. The summed E-state index contributed by atoms with van der Waals surface area (Å²) in [4.78, 5) is 28.3. The van der Waals surface area contributed by atoms with Gasteiger partial charge >= 0.3 is 11.9 Å². The van der Waals surface area contributed by atoms with Gasteiger partial charge in [0.15, 0.2) is 0 Å². The highest BCUT2D eigenvalue weighted by Gasteiger charge is 2.44. The molecule has 6 fully saturated rings. The SMILES string of the molecule is CC(C)(C)C1CCC(Oc2cccc3cc(CN4CC5CC(C(=O)O)CC5C4)ccc23)CC1.COC(=O)C1CC2CN(Cc3ccc4c(OC5CCC(C(C)(C)C)CC5)cccc4c3)CC2C1. The van der Waals surface area contributed by atoms with Crippen molar-refractivity contribution in [3.05, 3.63) is 83.9 Å². The number of hydrogen-bond donors (Lipinski definition) is 1. The maximum absolute atomic E-state index is 11.9. The second-order valence-electron chi connectivity index (χ2n) is 24.2. The minimum Gasteiger partial charge on any atom is -0.490 e. The van der Waals surface area contributed by atoms with Gasteiger partial charge in [0.25, 0.3) is 0 Å². The molecule has 0 spiro atoms. The number of nitrogens with zero attached hydrogens (tertiary/aromatic N) is 2. The highest BCUT2D eigenvalue weighted by atomic mass is 16.5. The van der Waals surface area contributed by atoms with E-state index in [4.69, 9.17) is 14.2 Å². The topological polar surface area (TPSA) is 88.5 Å². The van der Waals surface area contributed by atoms with Crippen molar-refractivity contribution in [1.82, 2.24) is 9.80 Å². The van der Waals surface area contributed by atoms with Crippen LogP contribution < -0.4 is 9.47 Å². The fourth-order valence-electron chi connectivity index (χ4n) is 13.6. The van der Waals surface area contributed by atoms with Crippen LogP contribution in [0.5, 0.6) is 11.5 Å². The van der Waals surface area contributed by atoms with Gasteiger partial charge in [-0.1, -0.05) is 90.1 Å². The van der Waals surface area contributed by atoms with Crippen molar-refractivity contribution in [3.63, 3.8) is 0 Å². The van der Waals surface area contributed by atoms with Crippen molar-refractivity contribution in [2.24, 2.45) is 58.2 Å². The highest BCUT2D eigenvalue weighted by Crippen LogP contribution is 2.45. The number of carboxylic acid groups (broad SMARTS) is 1. The third kappa shape index (κ3) is 11.3. The van der Waals surface area contributed by atoms with Crippen molar-refractivity contribution in [3.8, 4) is 11.5 Å². The molecule has 6 aliphatic rings. The molecule has 0 amide bonds. The predicted molar refractivity (Wildman–Crippen MR) is 269 cm³/mol. The Labute approximate surface area is 401 Å². The lowest BCUT2D eigenvalue weighted by molar-refractivity contribution is -0.145. The summed E-state index contributed by atoms with van der Waals surface area (Å²) in [6.45, 7) is 20.4. The smallest absolute Gasteiger partial charge is 0.308 e. The van der Waals surface area contributed by atoms with E-state index >= 15 is 0 Å². The van der Waals surface area contributed by atoms with Gasteiger partial charge in [0.2, 0.25) is 0 Å². The van der Waals surface area contributed by atoms with Crippen LogP contribution in [0, 0.1) is 58.2 Å². The first-order chi connectivity index (χ1) is 32.1. The quantitative estimate of drug-likeness (QED) is 0.157. The molecule has 4 saturated carbocycles. The van der Waals surface area contributed by atoms with Crippen LogP contribution in [-0.4, -0.2) is 72.3 Å². The molecule has 4 unspecified atom stereocenters. The lowest BCUT2D eigenvalue weighted by Gasteiger charge is -2.37. The molecule has 8 heteroatoms. The summed E-state index contributed by atoms with van der Waals surface area (Å²) in [6, 6.07) is 26.6. The fourth-order valence-corrected chi connectivity index (χ4v) is 13.6. The molecule has 8 nitrogen and oxygen atoms in total. The van der Waals surface area contributed by atoms with E-state index in [1.807, 2.05) is 0 Å². The Morgan fingerprint density at radius 1 is 0.552 bits per heavy atom. The lowest BCUT2D eigenvalue weighted by atomic mass is 9.72. The molecule has 4 aliphatic carbocycles.